The minimum Gasteiger partial charge on any atom is -0.478 e. The van der Waals surface area contributed by atoms with Gasteiger partial charge in [-0.15, -0.1) is 0 Å². The molecule has 0 saturated heterocycles. The highest BCUT2D eigenvalue weighted by Gasteiger charge is 2.13. The molecular formula is C18H18N2O4. The lowest BCUT2D eigenvalue weighted by Gasteiger charge is -2.05. The summed E-state index contributed by atoms with van der Waals surface area (Å²) < 4.78 is 10.7. The quantitative estimate of drug-likeness (QED) is 0.627. The Balaban J connectivity index is 1.53. The molecule has 1 aliphatic rings. The summed E-state index contributed by atoms with van der Waals surface area (Å²) in [6, 6.07) is 12.4. The maximum absolute atomic E-state index is 10.8. The second kappa shape index (κ2) is 7.04. The number of hydrazone groups is 1. The number of aromatic carboxylic acids is 1. The molecule has 124 valence electrons. The largest absolute Gasteiger partial charge is 0.478 e. The van der Waals surface area contributed by atoms with Crippen LogP contribution in [0.4, 0.5) is 5.69 Å². The van der Waals surface area contributed by atoms with Crippen LogP contribution in [0.3, 0.4) is 0 Å². The van der Waals surface area contributed by atoms with Crippen LogP contribution in [0, 0.1) is 0 Å². The number of carbonyl (C=O) groups is 1. The molecule has 3 rings (SSSR count). The highest BCUT2D eigenvalue weighted by molar-refractivity contribution is 5.88. The molecule has 2 aromatic rings. The van der Waals surface area contributed by atoms with Crippen molar-refractivity contribution >= 4 is 17.4 Å². The number of ether oxygens (including phenoxy) is 2. The van der Waals surface area contributed by atoms with E-state index in [2.05, 4.69) is 10.5 Å². The van der Waals surface area contributed by atoms with Gasteiger partial charge in [-0.1, -0.05) is 6.07 Å². The summed E-state index contributed by atoms with van der Waals surface area (Å²) in [5, 5.41) is 13.2. The number of carboxylic acids is 1. The topological polar surface area (TPSA) is 80.2 Å². The first-order valence-electron chi connectivity index (χ1n) is 7.63. The van der Waals surface area contributed by atoms with Crippen molar-refractivity contribution in [2.24, 2.45) is 5.10 Å². The molecule has 0 fully saturated rings. The number of carboxylic acid groups (broad SMARTS) is 1. The van der Waals surface area contributed by atoms with E-state index >= 15 is 0 Å². The van der Waals surface area contributed by atoms with Gasteiger partial charge in [0, 0.05) is 5.71 Å². The third-order valence-corrected chi connectivity index (χ3v) is 3.72. The standard InChI is InChI=1S/C18H18N2O4/c1-12(19-20-15-7-5-14(6-8-15)18(21)22)2-3-13-4-9-16-17(10-13)24-11-23-16/h4-10,20H,2-3,11H2,1H3,(H,21,22)/b19-12+. The fraction of sp³-hybridized carbons (Fsp3) is 0.222. The summed E-state index contributed by atoms with van der Waals surface area (Å²) in [5.74, 6) is 0.638. The number of hydrogen-bond donors (Lipinski definition) is 2. The Morgan fingerprint density at radius 1 is 1.17 bits per heavy atom. The molecule has 2 aromatic carbocycles. The molecule has 24 heavy (non-hydrogen) atoms. The van der Waals surface area contributed by atoms with Crippen LogP contribution in [0.5, 0.6) is 11.5 Å². The molecule has 0 atom stereocenters. The van der Waals surface area contributed by atoms with Crippen molar-refractivity contribution in [3.05, 3.63) is 53.6 Å². The molecule has 0 amide bonds. The highest BCUT2D eigenvalue weighted by Crippen LogP contribution is 2.32. The van der Waals surface area contributed by atoms with E-state index in [1.54, 1.807) is 24.3 Å². The van der Waals surface area contributed by atoms with Crippen molar-refractivity contribution < 1.29 is 19.4 Å². The van der Waals surface area contributed by atoms with Gasteiger partial charge in [0.25, 0.3) is 0 Å². The van der Waals surface area contributed by atoms with E-state index in [-0.39, 0.29) is 12.4 Å². The summed E-state index contributed by atoms with van der Waals surface area (Å²) in [6.07, 6.45) is 1.66. The summed E-state index contributed by atoms with van der Waals surface area (Å²) in [7, 11) is 0. The van der Waals surface area contributed by atoms with Crippen LogP contribution >= 0.6 is 0 Å². The summed E-state index contributed by atoms with van der Waals surface area (Å²) >= 11 is 0. The molecule has 0 aliphatic carbocycles. The molecule has 0 radical (unpaired) electrons. The zero-order valence-electron chi connectivity index (χ0n) is 13.3. The second-order valence-corrected chi connectivity index (χ2v) is 5.53. The van der Waals surface area contributed by atoms with Gasteiger partial charge in [0.15, 0.2) is 11.5 Å². The molecule has 1 heterocycles. The van der Waals surface area contributed by atoms with Gasteiger partial charge in [-0.3, -0.25) is 5.43 Å². The molecule has 0 saturated carbocycles. The minimum atomic E-state index is -0.940. The minimum absolute atomic E-state index is 0.254. The van der Waals surface area contributed by atoms with Crippen LogP contribution in [0.2, 0.25) is 0 Å². The van der Waals surface area contributed by atoms with Gasteiger partial charge in [0.05, 0.1) is 11.3 Å². The zero-order chi connectivity index (χ0) is 16.9. The Kier molecular flexibility index (Phi) is 4.65. The van der Waals surface area contributed by atoms with Crippen molar-refractivity contribution in [2.75, 3.05) is 12.2 Å². The number of rotatable bonds is 6. The summed E-state index contributed by atoms with van der Waals surface area (Å²) in [5.41, 5.74) is 6.06. The number of nitrogens with one attached hydrogen (secondary N) is 1. The zero-order valence-corrected chi connectivity index (χ0v) is 13.3. The Bertz CT molecular complexity index is 769. The summed E-state index contributed by atoms with van der Waals surface area (Å²) in [4.78, 5) is 10.8. The van der Waals surface area contributed by atoms with Crippen LogP contribution in [0.15, 0.2) is 47.6 Å². The van der Waals surface area contributed by atoms with E-state index in [1.807, 2.05) is 25.1 Å². The fourth-order valence-corrected chi connectivity index (χ4v) is 2.32. The van der Waals surface area contributed by atoms with Crippen LogP contribution < -0.4 is 14.9 Å². The number of nitrogens with zero attached hydrogens (tertiary/aromatic N) is 1. The molecule has 2 N–H and O–H groups in total. The fourth-order valence-electron chi connectivity index (χ4n) is 2.32. The number of aryl methyl sites for hydroxylation is 1. The SMILES string of the molecule is C/C(CCc1ccc2c(c1)OCO2)=N\Nc1ccc(C(=O)O)cc1. The van der Waals surface area contributed by atoms with Gasteiger partial charge >= 0.3 is 5.97 Å². The van der Waals surface area contributed by atoms with Crippen molar-refractivity contribution in [1.29, 1.82) is 0 Å². The Morgan fingerprint density at radius 2 is 1.92 bits per heavy atom. The molecule has 6 nitrogen and oxygen atoms in total. The molecule has 0 aromatic heterocycles. The van der Waals surface area contributed by atoms with Gasteiger partial charge in [-0.2, -0.15) is 5.10 Å². The first-order chi connectivity index (χ1) is 11.6. The van der Waals surface area contributed by atoms with E-state index in [0.717, 1.165) is 35.7 Å². The monoisotopic (exact) mass is 326 g/mol. The third kappa shape index (κ3) is 3.84. The van der Waals surface area contributed by atoms with Gasteiger partial charge in [-0.25, -0.2) is 4.79 Å². The van der Waals surface area contributed by atoms with E-state index in [1.165, 1.54) is 5.56 Å². The second-order valence-electron chi connectivity index (χ2n) is 5.53. The number of benzene rings is 2. The van der Waals surface area contributed by atoms with Gasteiger partial charge in [-0.05, 0) is 61.7 Å². The lowest BCUT2D eigenvalue weighted by Crippen LogP contribution is -2.01. The predicted octanol–water partition coefficient (Wildman–Crippen LogP) is 3.53. The molecule has 1 aliphatic heterocycles. The smallest absolute Gasteiger partial charge is 0.335 e. The Morgan fingerprint density at radius 3 is 2.67 bits per heavy atom. The maximum atomic E-state index is 10.8. The molecule has 6 heteroatoms. The van der Waals surface area contributed by atoms with Crippen LogP contribution in [-0.2, 0) is 6.42 Å². The van der Waals surface area contributed by atoms with Crippen molar-refractivity contribution in [3.63, 3.8) is 0 Å². The van der Waals surface area contributed by atoms with E-state index in [4.69, 9.17) is 14.6 Å². The van der Waals surface area contributed by atoms with E-state index in [9.17, 15) is 4.79 Å². The van der Waals surface area contributed by atoms with Crippen LogP contribution in [-0.4, -0.2) is 23.6 Å². The van der Waals surface area contributed by atoms with Gasteiger partial charge in [0.2, 0.25) is 6.79 Å². The third-order valence-electron chi connectivity index (χ3n) is 3.72. The Hall–Kier alpha value is -3.02. The summed E-state index contributed by atoms with van der Waals surface area (Å²) in [6.45, 7) is 2.23. The average molecular weight is 326 g/mol. The normalized spacial score (nSPS) is 13.0. The van der Waals surface area contributed by atoms with Crippen LogP contribution in [0.25, 0.3) is 0 Å². The van der Waals surface area contributed by atoms with Crippen LogP contribution in [0.1, 0.15) is 29.3 Å². The lowest BCUT2D eigenvalue weighted by molar-refractivity contribution is 0.0697. The van der Waals surface area contributed by atoms with E-state index < -0.39 is 5.97 Å². The maximum Gasteiger partial charge on any atom is 0.335 e. The molecule has 0 bridgehead atoms. The number of hydrogen-bond acceptors (Lipinski definition) is 5. The lowest BCUT2D eigenvalue weighted by atomic mass is 10.1. The average Bonchev–Trinajstić information content (AvgIpc) is 3.06. The first-order valence-corrected chi connectivity index (χ1v) is 7.63. The van der Waals surface area contributed by atoms with E-state index in [0.29, 0.717) is 0 Å². The number of fused-ring (bicyclic) bond motifs is 1. The highest BCUT2D eigenvalue weighted by atomic mass is 16.7. The molecule has 0 unspecified atom stereocenters. The molecular weight excluding hydrogens is 308 g/mol. The first kappa shape index (κ1) is 15.9. The van der Waals surface area contributed by atoms with Crippen molar-refractivity contribution in [1.82, 2.24) is 0 Å². The molecule has 0 spiro atoms. The predicted molar refractivity (Wildman–Crippen MR) is 91.0 cm³/mol. The van der Waals surface area contributed by atoms with Crippen molar-refractivity contribution in [2.45, 2.75) is 19.8 Å². The Labute approximate surface area is 139 Å². The number of anilines is 1. The van der Waals surface area contributed by atoms with Gasteiger partial charge in [0.1, 0.15) is 0 Å². The van der Waals surface area contributed by atoms with Crippen molar-refractivity contribution in [3.8, 4) is 11.5 Å². The van der Waals surface area contributed by atoms with Gasteiger partial charge < -0.3 is 14.6 Å².